The minimum atomic E-state index is -0.122. The van der Waals surface area contributed by atoms with Gasteiger partial charge in [-0.25, -0.2) is 0 Å². The van der Waals surface area contributed by atoms with Gasteiger partial charge < -0.3 is 18.3 Å². The Labute approximate surface area is 682 Å². The average Bonchev–Trinajstić information content (AvgIpc) is 1.55. The van der Waals surface area contributed by atoms with Gasteiger partial charge >= 0.3 is 0 Å². The highest BCUT2D eigenvalue weighted by Crippen LogP contribution is 2.59. The van der Waals surface area contributed by atoms with Gasteiger partial charge in [-0.1, -0.05) is 344 Å². The molecule has 0 saturated carbocycles. The molecule has 19 aromatic rings. The second-order valence-electron chi connectivity index (χ2n) is 34.0. The van der Waals surface area contributed by atoms with E-state index in [9.17, 15) is 0 Å². The van der Waals surface area contributed by atoms with Crippen LogP contribution in [0.25, 0.3) is 153 Å². The lowest BCUT2D eigenvalue weighted by atomic mass is 9.70. The summed E-state index contributed by atoms with van der Waals surface area (Å²) in [4.78, 5) is 0. The topological polar surface area (TPSA) is 19.7 Å². The summed E-state index contributed by atoms with van der Waals surface area (Å²) in [5, 5.41) is 16.2. The number of fused-ring (bicyclic) bond motifs is 20. The zero-order valence-electron chi connectivity index (χ0n) is 66.9. The fourth-order valence-electron chi connectivity index (χ4n) is 22.5. The summed E-state index contributed by atoms with van der Waals surface area (Å²) >= 11 is 0. The molecule has 0 amide bonds. The first-order valence-corrected chi connectivity index (χ1v) is 43.9. The Morgan fingerprint density at radius 2 is 0.362 bits per heavy atom. The molecule has 0 aliphatic heterocycles. The summed E-state index contributed by atoms with van der Waals surface area (Å²) in [5.74, 6) is 0. The molecule has 4 heteroatoms. The van der Waals surface area contributed by atoms with Crippen molar-refractivity contribution in [2.24, 2.45) is 0 Å². The van der Waals surface area contributed by atoms with Crippen molar-refractivity contribution in [2.75, 3.05) is 0 Å². The van der Waals surface area contributed by atoms with E-state index < -0.39 is 0 Å². The Morgan fingerprint density at radius 3 is 0.612 bits per heavy atom. The summed E-state index contributed by atoms with van der Waals surface area (Å²) in [6, 6.07) is 126. The summed E-state index contributed by atoms with van der Waals surface area (Å²) in [6.07, 6.45) is 23.5. The number of nitrogens with zero attached hydrogens (tertiary/aromatic N) is 4. The summed E-state index contributed by atoms with van der Waals surface area (Å²) < 4.78 is 10.4. The van der Waals surface area contributed by atoms with E-state index in [0.29, 0.717) is 0 Å². The fourth-order valence-corrected chi connectivity index (χ4v) is 22.5. The second kappa shape index (κ2) is 31.0. The monoisotopic (exact) mass is 1500 g/mol. The highest BCUT2D eigenvalue weighted by molar-refractivity contribution is 6.22. The lowest BCUT2D eigenvalue weighted by molar-refractivity contribution is 0.397. The van der Waals surface area contributed by atoms with Crippen LogP contribution >= 0.6 is 0 Å². The molecular weight excluding hydrogens is 1400 g/mol. The van der Waals surface area contributed by atoms with Crippen molar-refractivity contribution in [3.8, 4) is 44.5 Å². The fraction of sp³-hybridized carbons (Fsp3) is 0.232. The van der Waals surface area contributed by atoms with E-state index in [1.54, 1.807) is 0 Å². The predicted octanol–water partition coefficient (Wildman–Crippen LogP) is 30.9. The number of rotatable bonds is 30. The normalized spacial score (nSPS) is 13.4. The largest absolute Gasteiger partial charge is 0.340 e. The molecule has 15 aromatic carbocycles. The molecule has 116 heavy (non-hydrogen) atoms. The Balaban J connectivity index is 0.607. The maximum absolute atomic E-state index is 2.71. The number of unbranched alkanes of at least 4 members (excludes halogenated alkanes) is 12. The van der Waals surface area contributed by atoms with Gasteiger partial charge in [0.25, 0.3) is 0 Å². The minimum Gasteiger partial charge on any atom is -0.340 e. The van der Waals surface area contributed by atoms with Crippen molar-refractivity contribution >= 4 is 109 Å². The van der Waals surface area contributed by atoms with Gasteiger partial charge in [0, 0.05) is 124 Å². The third-order valence-corrected chi connectivity index (χ3v) is 27.7. The number of hydrogen-bond acceptors (Lipinski definition) is 0. The van der Waals surface area contributed by atoms with Crippen LogP contribution in [0.1, 0.15) is 151 Å². The van der Waals surface area contributed by atoms with Gasteiger partial charge in [-0.15, -0.1) is 0 Å². The van der Waals surface area contributed by atoms with Crippen LogP contribution in [0.2, 0.25) is 0 Å². The van der Waals surface area contributed by atoms with Crippen molar-refractivity contribution in [3.63, 3.8) is 0 Å². The van der Waals surface area contributed by atoms with Gasteiger partial charge in [0.1, 0.15) is 0 Å². The van der Waals surface area contributed by atoms with Crippen LogP contribution in [-0.4, -0.2) is 18.3 Å². The molecule has 4 aromatic heterocycles. The third-order valence-electron chi connectivity index (χ3n) is 27.7. The molecule has 0 bridgehead atoms. The first-order valence-electron chi connectivity index (χ1n) is 43.9. The van der Waals surface area contributed by atoms with E-state index in [1.165, 1.54) is 253 Å². The van der Waals surface area contributed by atoms with E-state index in [4.69, 9.17) is 0 Å². The molecule has 0 N–H and O–H groups in total. The highest BCUT2D eigenvalue weighted by Gasteiger charge is 2.44. The quantitative estimate of drug-likeness (QED) is 0.0316. The lowest BCUT2D eigenvalue weighted by Gasteiger charge is -2.33. The highest BCUT2D eigenvalue weighted by atomic mass is 15.0. The van der Waals surface area contributed by atoms with E-state index in [0.717, 1.165) is 77.5 Å². The first-order chi connectivity index (χ1) is 57.6. The molecule has 0 saturated heterocycles. The molecule has 2 aliphatic rings. The smallest absolute Gasteiger partial charge is 0.0491 e. The zero-order valence-corrected chi connectivity index (χ0v) is 66.9. The lowest BCUT2D eigenvalue weighted by Crippen LogP contribution is -2.25. The Morgan fingerprint density at radius 1 is 0.164 bits per heavy atom. The van der Waals surface area contributed by atoms with Crippen molar-refractivity contribution in [1.82, 2.24) is 18.3 Å². The first kappa shape index (κ1) is 71.8. The molecule has 0 unspecified atom stereocenters. The zero-order chi connectivity index (χ0) is 76.9. The van der Waals surface area contributed by atoms with Crippen molar-refractivity contribution < 1.29 is 0 Å². The number of benzene rings is 15. The van der Waals surface area contributed by atoms with Crippen LogP contribution in [0.5, 0.6) is 0 Å². The van der Waals surface area contributed by atoms with Crippen LogP contribution in [0, 0.1) is 0 Å². The number of hydrogen-bond donors (Lipinski definition) is 0. The predicted molar refractivity (Wildman–Crippen MR) is 495 cm³/mol. The number of aromatic nitrogens is 4. The molecule has 570 valence electrons. The molecule has 2 aliphatic carbocycles. The van der Waals surface area contributed by atoms with Gasteiger partial charge in [-0.05, 0) is 200 Å². The summed E-state index contributed by atoms with van der Waals surface area (Å²) in [5.41, 5.74) is 27.8. The minimum absolute atomic E-state index is 0.122. The Bertz CT molecular complexity index is 5970. The van der Waals surface area contributed by atoms with Gasteiger partial charge in [-0.2, -0.15) is 0 Å². The van der Waals surface area contributed by atoms with Crippen molar-refractivity contribution in [3.05, 3.63) is 350 Å². The Hall–Kier alpha value is -12.0. The van der Waals surface area contributed by atoms with Crippen LogP contribution in [-0.2, 0) is 37.0 Å². The molecular formula is C112H102N4. The maximum Gasteiger partial charge on any atom is 0.0491 e. The van der Waals surface area contributed by atoms with Gasteiger partial charge in [0.05, 0.1) is 0 Å². The van der Waals surface area contributed by atoms with Gasteiger partial charge in [-0.3, -0.25) is 0 Å². The molecule has 21 rings (SSSR count). The molecule has 0 atom stereocenters. The molecule has 4 heterocycles. The SMILES string of the molecule is c1ccc2c(c1)-c1ccc(-c3c4ccccc4c(-c4ccc5c(c4)C(CCCCCCn4c6ccccc6c6ccccc64)(CCCCCCn4c6ccccc6c6ccccc64)c4ccccc4-5)c4ccccc34)cc1C2(CCCCCCn1c2ccccc2c2ccccc21)CCCCCCn1c2ccccc2c2ccccc21. The molecule has 0 spiro atoms. The number of para-hydroxylation sites is 8. The summed E-state index contributed by atoms with van der Waals surface area (Å²) in [7, 11) is 0. The van der Waals surface area contributed by atoms with Crippen molar-refractivity contribution in [1.29, 1.82) is 0 Å². The molecule has 4 nitrogen and oxygen atoms in total. The van der Waals surface area contributed by atoms with Crippen LogP contribution in [0.15, 0.2) is 328 Å². The average molecular weight is 1500 g/mol. The van der Waals surface area contributed by atoms with Crippen LogP contribution < -0.4 is 0 Å². The molecule has 0 fully saturated rings. The third kappa shape index (κ3) is 12.4. The van der Waals surface area contributed by atoms with Gasteiger partial charge in [0.2, 0.25) is 0 Å². The Kier molecular flexibility index (Phi) is 19.2. The second-order valence-corrected chi connectivity index (χ2v) is 34.0. The van der Waals surface area contributed by atoms with Crippen LogP contribution in [0.4, 0.5) is 0 Å². The maximum atomic E-state index is 2.71. The van der Waals surface area contributed by atoms with E-state index in [1.807, 2.05) is 0 Å². The van der Waals surface area contributed by atoms with Crippen LogP contribution in [0.3, 0.4) is 0 Å². The standard InChI is InChI=1S/C112H102N4/c1(5-37-73-113-101-57-25-15-43-85(101)86-44-16-26-58-102(86)113)33-69-111(70-34-2-6-38-74-114-103-59-27-17-45-87(103)88-46-18-28-60-104(88)114)97-55-23-13-41-81(97)83-67-65-79(77-99(83)111)109-93-51-9-11-53-95(93)110(96-54-12-10-52-94(96)109)80-66-68-84-82-42-14-24-56-98(82)112(100(84)78-80,71-35-3-7-39-75-115-105-61-29-19-47-89(105)90-48-20-30-62-106(90)115)72-36-4-8-40-76-116-107-63-31-21-49-91(107)92-50-22-32-64-108(92)116/h9-32,41-68,77-78H,1-8,33-40,69-76H2. The molecule has 0 radical (unpaired) electrons. The van der Waals surface area contributed by atoms with E-state index in [-0.39, 0.29) is 10.8 Å². The van der Waals surface area contributed by atoms with Gasteiger partial charge in [0.15, 0.2) is 0 Å². The van der Waals surface area contributed by atoms with E-state index in [2.05, 4.69) is 346 Å². The van der Waals surface area contributed by atoms with Crippen molar-refractivity contribution in [2.45, 2.75) is 165 Å². The van der Waals surface area contributed by atoms with E-state index >= 15 is 0 Å². The summed E-state index contributed by atoms with van der Waals surface area (Å²) in [6.45, 7) is 4.13. The number of aryl methyl sites for hydroxylation is 4.